The molecule has 16 heavy (non-hydrogen) atoms. The highest BCUT2D eigenvalue weighted by molar-refractivity contribution is 5.88. The summed E-state index contributed by atoms with van der Waals surface area (Å²) in [6.07, 6.45) is 1.30. The molecule has 1 fully saturated rings. The largest absolute Gasteiger partial charge is 0.478 e. The first-order chi connectivity index (χ1) is 7.58. The molecule has 1 saturated carbocycles. The third-order valence-electron chi connectivity index (χ3n) is 3.18. The second-order valence-corrected chi connectivity index (χ2v) is 4.59. The zero-order chi connectivity index (χ0) is 11.7. The van der Waals surface area contributed by atoms with Gasteiger partial charge in [0.15, 0.2) is 0 Å². The monoisotopic (exact) mass is 223 g/mol. The maximum atomic E-state index is 10.8. The van der Waals surface area contributed by atoms with Gasteiger partial charge in [0.05, 0.1) is 6.54 Å². The second-order valence-electron chi connectivity index (χ2n) is 4.59. The van der Waals surface area contributed by atoms with Crippen molar-refractivity contribution in [3.63, 3.8) is 0 Å². The average molecular weight is 223 g/mol. The molecule has 1 aromatic heterocycles. The van der Waals surface area contributed by atoms with Crippen LogP contribution >= 0.6 is 0 Å². The van der Waals surface area contributed by atoms with Crippen molar-refractivity contribution in [2.45, 2.75) is 26.8 Å². The van der Waals surface area contributed by atoms with Gasteiger partial charge in [0.2, 0.25) is 0 Å². The Morgan fingerprint density at radius 1 is 1.69 bits per heavy atom. The highest BCUT2D eigenvalue weighted by Gasteiger charge is 2.31. The summed E-state index contributed by atoms with van der Waals surface area (Å²) in [4.78, 5) is 10.8. The Morgan fingerprint density at radius 3 is 2.88 bits per heavy atom. The van der Waals surface area contributed by atoms with E-state index in [0.29, 0.717) is 18.1 Å². The lowest BCUT2D eigenvalue weighted by atomic mass is 10.2. The molecule has 2 unspecified atom stereocenters. The minimum absolute atomic E-state index is 0.261. The van der Waals surface area contributed by atoms with Crippen molar-refractivity contribution in [2.24, 2.45) is 11.8 Å². The maximum Gasteiger partial charge on any atom is 0.339 e. The van der Waals surface area contributed by atoms with E-state index in [2.05, 4.69) is 12.2 Å². The molecule has 0 amide bonds. The van der Waals surface area contributed by atoms with E-state index in [4.69, 9.17) is 9.52 Å². The summed E-state index contributed by atoms with van der Waals surface area (Å²) in [5, 5.41) is 12.1. The number of rotatable bonds is 5. The quantitative estimate of drug-likeness (QED) is 0.801. The molecular formula is C12H17NO3. The van der Waals surface area contributed by atoms with E-state index in [-0.39, 0.29) is 5.56 Å². The molecule has 0 spiro atoms. The Kier molecular flexibility index (Phi) is 3.01. The highest BCUT2D eigenvalue weighted by atomic mass is 16.4. The number of carboxylic acid groups (broad SMARTS) is 1. The minimum atomic E-state index is -0.927. The van der Waals surface area contributed by atoms with Gasteiger partial charge in [0, 0.05) is 0 Å². The van der Waals surface area contributed by atoms with Crippen LogP contribution in [0.1, 0.15) is 35.2 Å². The molecule has 1 aliphatic rings. The molecule has 2 atom stereocenters. The lowest BCUT2D eigenvalue weighted by Crippen LogP contribution is -2.16. The van der Waals surface area contributed by atoms with Gasteiger partial charge < -0.3 is 14.8 Å². The molecule has 0 aromatic carbocycles. The fourth-order valence-electron chi connectivity index (χ4n) is 1.91. The number of carbonyl (C=O) groups is 1. The number of hydrogen-bond donors (Lipinski definition) is 2. The van der Waals surface area contributed by atoms with Gasteiger partial charge in [0.1, 0.15) is 17.1 Å². The molecule has 0 aliphatic heterocycles. The molecular weight excluding hydrogens is 206 g/mol. The molecule has 0 radical (unpaired) electrons. The number of furan rings is 1. The van der Waals surface area contributed by atoms with Crippen molar-refractivity contribution in [2.75, 3.05) is 6.54 Å². The number of carboxylic acids is 1. The molecule has 2 N–H and O–H groups in total. The van der Waals surface area contributed by atoms with Crippen molar-refractivity contribution in [3.8, 4) is 0 Å². The van der Waals surface area contributed by atoms with Gasteiger partial charge in [-0.3, -0.25) is 0 Å². The Balaban J connectivity index is 1.84. The number of aromatic carboxylic acids is 1. The third kappa shape index (κ3) is 2.44. The van der Waals surface area contributed by atoms with Crippen molar-refractivity contribution >= 4 is 5.97 Å². The Bertz CT molecular complexity index is 397. The van der Waals surface area contributed by atoms with Crippen LogP contribution in [0.2, 0.25) is 0 Å². The minimum Gasteiger partial charge on any atom is -0.478 e. The molecule has 0 bridgehead atoms. The number of aryl methyl sites for hydroxylation is 1. The second kappa shape index (κ2) is 4.29. The van der Waals surface area contributed by atoms with E-state index in [1.54, 1.807) is 13.0 Å². The lowest BCUT2D eigenvalue weighted by molar-refractivity contribution is 0.0695. The van der Waals surface area contributed by atoms with Crippen molar-refractivity contribution in [3.05, 3.63) is 23.2 Å². The van der Waals surface area contributed by atoms with Crippen LogP contribution in [-0.4, -0.2) is 17.6 Å². The summed E-state index contributed by atoms with van der Waals surface area (Å²) in [6, 6.07) is 1.60. The summed E-state index contributed by atoms with van der Waals surface area (Å²) in [7, 11) is 0. The molecule has 1 aliphatic carbocycles. The van der Waals surface area contributed by atoms with Gasteiger partial charge in [-0.1, -0.05) is 6.92 Å². The Morgan fingerprint density at radius 2 is 2.38 bits per heavy atom. The van der Waals surface area contributed by atoms with Gasteiger partial charge in [-0.25, -0.2) is 4.79 Å². The first-order valence-corrected chi connectivity index (χ1v) is 5.61. The topological polar surface area (TPSA) is 62.5 Å². The molecule has 4 nitrogen and oxygen atoms in total. The Hall–Kier alpha value is -1.29. The van der Waals surface area contributed by atoms with Crippen LogP contribution in [0.4, 0.5) is 0 Å². The predicted octanol–water partition coefficient (Wildman–Crippen LogP) is 2.03. The van der Waals surface area contributed by atoms with E-state index in [1.807, 2.05) is 0 Å². The van der Waals surface area contributed by atoms with Crippen LogP contribution in [0.15, 0.2) is 10.5 Å². The zero-order valence-corrected chi connectivity index (χ0v) is 9.62. The van der Waals surface area contributed by atoms with Crippen molar-refractivity contribution in [1.82, 2.24) is 5.32 Å². The van der Waals surface area contributed by atoms with Crippen LogP contribution < -0.4 is 5.32 Å². The molecule has 88 valence electrons. The van der Waals surface area contributed by atoms with Gasteiger partial charge in [-0.2, -0.15) is 0 Å². The van der Waals surface area contributed by atoms with E-state index in [1.165, 1.54) is 6.42 Å². The van der Waals surface area contributed by atoms with E-state index < -0.39 is 5.97 Å². The normalized spacial score (nSPS) is 23.4. The molecule has 1 heterocycles. The van der Waals surface area contributed by atoms with Gasteiger partial charge in [-0.05, 0) is 37.8 Å². The van der Waals surface area contributed by atoms with Gasteiger partial charge in [0.25, 0.3) is 0 Å². The predicted molar refractivity (Wildman–Crippen MR) is 59.4 cm³/mol. The summed E-state index contributed by atoms with van der Waals surface area (Å²) < 4.78 is 5.36. The summed E-state index contributed by atoms with van der Waals surface area (Å²) in [6.45, 7) is 5.52. The van der Waals surface area contributed by atoms with Crippen LogP contribution in [0.25, 0.3) is 0 Å². The molecule has 0 saturated heterocycles. The number of nitrogens with one attached hydrogen (secondary N) is 1. The summed E-state index contributed by atoms with van der Waals surface area (Å²) in [5.41, 5.74) is 0.261. The lowest BCUT2D eigenvalue weighted by Gasteiger charge is -2.00. The van der Waals surface area contributed by atoms with E-state index in [0.717, 1.165) is 18.4 Å². The fraction of sp³-hybridized carbons (Fsp3) is 0.583. The molecule has 1 aromatic rings. The van der Waals surface area contributed by atoms with E-state index in [9.17, 15) is 4.79 Å². The number of hydrogen-bond acceptors (Lipinski definition) is 3. The van der Waals surface area contributed by atoms with Crippen LogP contribution in [0, 0.1) is 18.8 Å². The van der Waals surface area contributed by atoms with Crippen LogP contribution in [0.3, 0.4) is 0 Å². The van der Waals surface area contributed by atoms with Crippen LogP contribution in [0.5, 0.6) is 0 Å². The van der Waals surface area contributed by atoms with Gasteiger partial charge >= 0.3 is 5.97 Å². The highest BCUT2D eigenvalue weighted by Crippen LogP contribution is 2.36. The third-order valence-corrected chi connectivity index (χ3v) is 3.18. The molecule has 2 rings (SSSR count). The average Bonchev–Trinajstić information content (AvgIpc) is 2.74. The summed E-state index contributed by atoms with van der Waals surface area (Å²) >= 11 is 0. The molecule has 4 heteroatoms. The Labute approximate surface area is 94.6 Å². The first-order valence-electron chi connectivity index (χ1n) is 5.61. The zero-order valence-electron chi connectivity index (χ0n) is 9.62. The van der Waals surface area contributed by atoms with Crippen molar-refractivity contribution in [1.29, 1.82) is 0 Å². The fourth-order valence-corrected chi connectivity index (χ4v) is 1.91. The smallest absolute Gasteiger partial charge is 0.339 e. The maximum absolute atomic E-state index is 10.8. The van der Waals surface area contributed by atoms with Gasteiger partial charge in [-0.15, -0.1) is 0 Å². The van der Waals surface area contributed by atoms with Crippen molar-refractivity contribution < 1.29 is 14.3 Å². The van der Waals surface area contributed by atoms with E-state index >= 15 is 0 Å². The first kappa shape index (κ1) is 11.2. The summed E-state index contributed by atoms with van der Waals surface area (Å²) in [5.74, 6) is 1.87. The van der Waals surface area contributed by atoms with Crippen LogP contribution in [-0.2, 0) is 6.54 Å². The SMILES string of the molecule is Cc1oc(CNCC2CC2C)cc1C(=O)O. The standard InChI is InChI=1S/C12H17NO3/c1-7-3-9(7)5-13-6-10-4-11(12(14)15)8(2)16-10/h4,7,9,13H,3,5-6H2,1-2H3,(H,14,15).